The highest BCUT2D eigenvalue weighted by molar-refractivity contribution is 5.93. The maximum Gasteiger partial charge on any atom is 0.190 e. The molecule has 0 unspecified atom stereocenters. The van der Waals surface area contributed by atoms with Crippen molar-refractivity contribution in [1.29, 1.82) is 0 Å². The molecule has 7 heteroatoms. The molecule has 0 aromatic heterocycles. The molecule has 4 rings (SSSR count). The Morgan fingerprint density at radius 2 is 1.97 bits per heavy atom. The highest BCUT2D eigenvalue weighted by atomic mass is 19.1. The largest absolute Gasteiger partial charge is 0.393 e. The zero-order valence-electron chi connectivity index (χ0n) is 17.2. The summed E-state index contributed by atoms with van der Waals surface area (Å²) in [7, 11) is 0. The molecule has 3 fully saturated rings. The van der Waals surface area contributed by atoms with Crippen LogP contribution in [0.15, 0.2) is 35.5 Å². The number of hydrogen-bond donors (Lipinski definition) is 3. The third-order valence-electron chi connectivity index (χ3n) is 8.79. The molecule has 4 aliphatic rings. The van der Waals surface area contributed by atoms with Gasteiger partial charge in [-0.05, 0) is 60.2 Å². The Morgan fingerprint density at radius 1 is 1.27 bits per heavy atom. The van der Waals surface area contributed by atoms with Gasteiger partial charge >= 0.3 is 0 Å². The zero-order chi connectivity index (χ0) is 22.1. The van der Waals surface area contributed by atoms with Gasteiger partial charge in [0.05, 0.1) is 18.8 Å². The van der Waals surface area contributed by atoms with Crippen LogP contribution in [-0.2, 0) is 9.59 Å². The molecule has 164 valence electrons. The first-order valence-electron chi connectivity index (χ1n) is 10.5. The number of aliphatic hydroxyl groups excluding tert-OH is 2. The lowest BCUT2D eigenvalue weighted by Crippen LogP contribution is -2.62. The van der Waals surface area contributed by atoms with Crippen molar-refractivity contribution in [3.63, 3.8) is 0 Å². The van der Waals surface area contributed by atoms with E-state index in [1.165, 1.54) is 6.08 Å². The van der Waals surface area contributed by atoms with E-state index in [-0.39, 0.29) is 42.1 Å². The molecule has 0 amide bonds. The summed E-state index contributed by atoms with van der Waals surface area (Å²) in [6.07, 6.45) is 2.30. The minimum atomic E-state index is -1.83. The Hall–Kier alpha value is -1.70. The van der Waals surface area contributed by atoms with Crippen LogP contribution in [0.3, 0.4) is 0 Å². The van der Waals surface area contributed by atoms with Crippen molar-refractivity contribution in [3.05, 3.63) is 35.5 Å². The topological polar surface area (TPSA) is 94.8 Å². The van der Waals surface area contributed by atoms with Crippen LogP contribution in [0, 0.1) is 28.6 Å². The van der Waals surface area contributed by atoms with Gasteiger partial charge in [0, 0.05) is 23.3 Å². The fourth-order valence-electron chi connectivity index (χ4n) is 7.28. The minimum Gasteiger partial charge on any atom is -0.393 e. The molecule has 30 heavy (non-hydrogen) atoms. The van der Waals surface area contributed by atoms with Crippen LogP contribution in [0.2, 0.25) is 0 Å². The predicted molar refractivity (Wildman–Crippen MR) is 104 cm³/mol. The van der Waals surface area contributed by atoms with Gasteiger partial charge in [-0.2, -0.15) is 0 Å². The van der Waals surface area contributed by atoms with Gasteiger partial charge in [0.2, 0.25) is 0 Å². The number of fused-ring (bicyclic) bond motifs is 5. The zero-order valence-corrected chi connectivity index (χ0v) is 17.2. The van der Waals surface area contributed by atoms with E-state index in [2.05, 4.69) is 0 Å². The molecule has 0 spiro atoms. The van der Waals surface area contributed by atoms with Crippen LogP contribution in [0.1, 0.15) is 46.0 Å². The number of carbonyl (C=O) groups excluding carboxylic acids is 2. The monoisotopic (exact) mass is 422 g/mol. The molecule has 0 heterocycles. The lowest BCUT2D eigenvalue weighted by molar-refractivity contribution is -0.175. The molecule has 0 aromatic rings. The highest BCUT2D eigenvalue weighted by Crippen LogP contribution is 2.69. The Balaban J connectivity index is 1.91. The van der Waals surface area contributed by atoms with Crippen molar-refractivity contribution in [2.45, 2.75) is 57.7 Å². The van der Waals surface area contributed by atoms with Gasteiger partial charge in [-0.15, -0.1) is 0 Å². The minimum absolute atomic E-state index is 0.0228. The van der Waals surface area contributed by atoms with E-state index in [0.717, 1.165) is 0 Å². The van der Waals surface area contributed by atoms with Gasteiger partial charge in [-0.25, -0.2) is 8.78 Å². The van der Waals surface area contributed by atoms with Gasteiger partial charge in [0.1, 0.15) is 12.2 Å². The van der Waals surface area contributed by atoms with Gasteiger partial charge in [-0.1, -0.05) is 13.8 Å². The summed E-state index contributed by atoms with van der Waals surface area (Å²) in [5, 5.41) is 32.0. The average Bonchev–Trinajstić information content (AvgIpc) is 2.98. The molecule has 5 nitrogen and oxygen atoms in total. The highest BCUT2D eigenvalue weighted by Gasteiger charge is 2.69. The van der Waals surface area contributed by atoms with E-state index < -0.39 is 46.8 Å². The summed E-state index contributed by atoms with van der Waals surface area (Å²) < 4.78 is 28.4. The van der Waals surface area contributed by atoms with Crippen LogP contribution in [0.25, 0.3) is 0 Å². The first kappa shape index (κ1) is 21.5. The lowest BCUT2D eigenvalue weighted by atomic mass is 9.43. The first-order valence-corrected chi connectivity index (χ1v) is 10.5. The molecular weight excluding hydrogens is 394 g/mol. The van der Waals surface area contributed by atoms with Crippen LogP contribution >= 0.6 is 0 Å². The maximum absolute atomic E-state index is 14.3. The maximum atomic E-state index is 14.3. The standard InChI is InChI=1S/C23H28F2O5/c1-21-5-3-12(27)7-16(21)13(9-24)14(10-25)19-15-4-6-23(30,18(29)11-26)22(15,2)8-17(28)20(19)21/h7,9-10,15,17,19-20,26,28,30H,3-6,8,11H2,1-2H3/b13-9+,14-10-/t15-,17-,19-,20-,21-,22-,23-/m0/s1. The van der Waals surface area contributed by atoms with E-state index in [9.17, 15) is 33.7 Å². The first-order chi connectivity index (χ1) is 14.1. The van der Waals surface area contributed by atoms with Gasteiger partial charge < -0.3 is 15.3 Å². The van der Waals surface area contributed by atoms with Crippen molar-refractivity contribution in [1.82, 2.24) is 0 Å². The number of hydrogen-bond acceptors (Lipinski definition) is 5. The van der Waals surface area contributed by atoms with Gasteiger partial charge in [0.15, 0.2) is 11.6 Å². The fourth-order valence-corrected chi connectivity index (χ4v) is 7.28. The van der Waals surface area contributed by atoms with E-state index in [4.69, 9.17) is 0 Å². The second-order valence-electron chi connectivity index (χ2n) is 9.86. The summed E-state index contributed by atoms with van der Waals surface area (Å²) in [5.74, 6) is -2.36. The van der Waals surface area contributed by atoms with Crippen LogP contribution in [-0.4, -0.2) is 45.2 Å². The van der Waals surface area contributed by atoms with Gasteiger partial charge in [-0.3, -0.25) is 9.59 Å². The number of aliphatic hydroxyl groups is 3. The number of Topliss-reactive ketones (excluding diaryl/α,β-unsaturated/α-hetero) is 1. The summed E-state index contributed by atoms with van der Waals surface area (Å²) in [5.41, 5.74) is -3.16. The Morgan fingerprint density at radius 3 is 2.57 bits per heavy atom. The summed E-state index contributed by atoms with van der Waals surface area (Å²) in [6.45, 7) is 2.76. The van der Waals surface area contributed by atoms with E-state index in [0.29, 0.717) is 31.1 Å². The molecule has 3 saturated carbocycles. The quantitative estimate of drug-likeness (QED) is 0.636. The Labute approximate surface area is 174 Å². The molecule has 0 aliphatic heterocycles. The summed E-state index contributed by atoms with van der Waals surface area (Å²) in [6, 6.07) is 0. The molecule has 3 N–H and O–H groups in total. The van der Waals surface area contributed by atoms with Crippen molar-refractivity contribution < 1.29 is 33.7 Å². The second kappa shape index (κ2) is 6.90. The fraction of sp³-hybridized carbons (Fsp3) is 0.652. The number of carbonyl (C=O) groups is 2. The third kappa shape index (κ3) is 2.49. The molecule has 0 radical (unpaired) electrons. The van der Waals surface area contributed by atoms with E-state index >= 15 is 0 Å². The number of allylic oxidation sites excluding steroid dienone is 3. The molecule has 0 saturated heterocycles. The van der Waals surface area contributed by atoms with Crippen molar-refractivity contribution in [3.8, 4) is 0 Å². The normalized spacial score (nSPS) is 48.2. The molecule has 0 aromatic carbocycles. The number of ketones is 2. The molecular formula is C23H28F2O5. The number of rotatable bonds is 2. The molecule has 4 aliphatic carbocycles. The van der Waals surface area contributed by atoms with E-state index in [1.54, 1.807) is 6.92 Å². The lowest BCUT2D eigenvalue weighted by Gasteiger charge is -2.61. The van der Waals surface area contributed by atoms with E-state index in [1.807, 2.05) is 6.92 Å². The Kier molecular flexibility index (Phi) is 4.95. The van der Waals surface area contributed by atoms with Crippen LogP contribution < -0.4 is 0 Å². The predicted octanol–water partition coefficient (Wildman–Crippen LogP) is 2.71. The molecule has 7 atom stereocenters. The Bertz CT molecular complexity index is 892. The number of halogens is 2. The second-order valence-corrected chi connectivity index (χ2v) is 9.86. The third-order valence-corrected chi connectivity index (χ3v) is 8.79. The van der Waals surface area contributed by atoms with Crippen molar-refractivity contribution in [2.75, 3.05) is 6.61 Å². The van der Waals surface area contributed by atoms with Crippen molar-refractivity contribution in [2.24, 2.45) is 28.6 Å². The SMILES string of the molecule is C[C@]12CCC(=O)C=C1C(=C/F)/C(=C/F)[C@@H]1[C@@H]2[C@@H](O)C[C@@]2(C)[C@H]1CC[C@]2(O)C(=O)CO. The molecule has 0 bridgehead atoms. The summed E-state index contributed by atoms with van der Waals surface area (Å²) >= 11 is 0. The van der Waals surface area contributed by atoms with Crippen molar-refractivity contribution >= 4 is 11.6 Å². The smallest absolute Gasteiger partial charge is 0.190 e. The van der Waals surface area contributed by atoms with Gasteiger partial charge in [0.25, 0.3) is 0 Å². The van der Waals surface area contributed by atoms with Crippen LogP contribution in [0.4, 0.5) is 8.78 Å². The average molecular weight is 422 g/mol. The van der Waals surface area contributed by atoms with Crippen LogP contribution in [0.5, 0.6) is 0 Å². The summed E-state index contributed by atoms with van der Waals surface area (Å²) in [4.78, 5) is 24.6.